The fourth-order valence-electron chi connectivity index (χ4n) is 2.97. The summed E-state index contributed by atoms with van der Waals surface area (Å²) >= 11 is 0. The Bertz CT molecular complexity index is 227. The molecule has 0 N–H and O–H groups in total. The predicted octanol–water partition coefficient (Wildman–Crippen LogP) is 3.56. The molecule has 94 valence electrons. The minimum absolute atomic E-state index is 0.109. The van der Waals surface area contributed by atoms with Crippen molar-refractivity contribution in [2.24, 2.45) is 0 Å². The van der Waals surface area contributed by atoms with E-state index in [2.05, 4.69) is 0 Å². The molecule has 0 spiro atoms. The highest BCUT2D eigenvalue weighted by Gasteiger charge is 2.59. The molecule has 0 heterocycles. The van der Waals surface area contributed by atoms with E-state index in [4.69, 9.17) is 8.85 Å². The van der Waals surface area contributed by atoms with Gasteiger partial charge < -0.3 is 8.85 Å². The minimum Gasteiger partial charge on any atom is -0.394 e. The van der Waals surface area contributed by atoms with Crippen molar-refractivity contribution in [2.45, 2.75) is 63.2 Å². The van der Waals surface area contributed by atoms with Gasteiger partial charge in [-0.3, -0.25) is 0 Å². The fourth-order valence-corrected chi connectivity index (χ4v) is 7.91. The van der Waals surface area contributed by atoms with Gasteiger partial charge in [-0.25, -0.2) is 4.39 Å². The third-order valence-electron chi connectivity index (χ3n) is 4.12. The average molecular weight is 246 g/mol. The lowest BCUT2D eigenvalue weighted by atomic mass is 9.96. The molecule has 0 saturated heterocycles. The predicted molar refractivity (Wildman–Crippen MR) is 64.5 cm³/mol. The summed E-state index contributed by atoms with van der Waals surface area (Å²) in [6.07, 6.45) is 4.68. The zero-order valence-corrected chi connectivity index (χ0v) is 11.4. The lowest BCUT2D eigenvalue weighted by Crippen LogP contribution is -2.58. The average Bonchev–Trinajstić information content (AvgIpc) is 2.13. The molecule has 0 amide bonds. The van der Waals surface area contributed by atoms with E-state index in [0.717, 1.165) is 6.42 Å². The Balaban J connectivity index is 2.12. The Morgan fingerprint density at radius 1 is 1.06 bits per heavy atom. The van der Waals surface area contributed by atoms with E-state index in [9.17, 15) is 4.39 Å². The largest absolute Gasteiger partial charge is 0.394 e. The van der Waals surface area contributed by atoms with Gasteiger partial charge in [-0.2, -0.15) is 0 Å². The Hall–Kier alpha value is 0.0669. The van der Waals surface area contributed by atoms with Gasteiger partial charge >= 0.3 is 8.56 Å². The number of hydrogen-bond donors (Lipinski definition) is 0. The Kier molecular flexibility index (Phi) is 4.03. The van der Waals surface area contributed by atoms with Gasteiger partial charge in [0.1, 0.15) is 6.17 Å². The molecule has 2 fully saturated rings. The number of hydrogen-bond acceptors (Lipinski definition) is 2. The molecule has 0 bridgehead atoms. The van der Waals surface area contributed by atoms with Crippen LogP contribution >= 0.6 is 0 Å². The van der Waals surface area contributed by atoms with E-state index in [1.807, 2.05) is 13.8 Å². The topological polar surface area (TPSA) is 18.5 Å². The van der Waals surface area contributed by atoms with Gasteiger partial charge in [0.25, 0.3) is 0 Å². The highest BCUT2D eigenvalue weighted by atomic mass is 28.4. The highest BCUT2D eigenvalue weighted by Crippen LogP contribution is 2.54. The number of alkyl halides is 1. The van der Waals surface area contributed by atoms with Gasteiger partial charge in [0.15, 0.2) is 0 Å². The first kappa shape index (κ1) is 12.5. The lowest BCUT2D eigenvalue weighted by Gasteiger charge is -2.50. The molecule has 2 unspecified atom stereocenters. The molecular formula is C12H23FO2Si. The van der Waals surface area contributed by atoms with E-state index in [1.54, 1.807) is 0 Å². The third kappa shape index (κ3) is 1.95. The second-order valence-corrected chi connectivity index (χ2v) is 8.49. The first-order chi connectivity index (χ1) is 7.74. The van der Waals surface area contributed by atoms with Gasteiger partial charge in [0.2, 0.25) is 0 Å². The third-order valence-corrected chi connectivity index (χ3v) is 9.00. The lowest BCUT2D eigenvalue weighted by molar-refractivity contribution is 0.0975. The molecule has 0 aromatic heterocycles. The normalized spacial score (nSPS) is 30.9. The van der Waals surface area contributed by atoms with Gasteiger partial charge in [0, 0.05) is 24.3 Å². The minimum atomic E-state index is -2.27. The zero-order valence-electron chi connectivity index (χ0n) is 10.4. The van der Waals surface area contributed by atoms with Crippen LogP contribution < -0.4 is 0 Å². The Labute approximate surface area is 98.8 Å². The van der Waals surface area contributed by atoms with Crippen molar-refractivity contribution in [3.63, 3.8) is 0 Å². The monoisotopic (exact) mass is 246 g/mol. The molecule has 2 nitrogen and oxygen atoms in total. The quantitative estimate of drug-likeness (QED) is 0.667. The van der Waals surface area contributed by atoms with Crippen molar-refractivity contribution in [2.75, 3.05) is 13.2 Å². The maximum atomic E-state index is 13.7. The van der Waals surface area contributed by atoms with Crippen LogP contribution in [0.25, 0.3) is 0 Å². The van der Waals surface area contributed by atoms with Gasteiger partial charge in [0.05, 0.1) is 0 Å². The van der Waals surface area contributed by atoms with Crippen LogP contribution in [-0.2, 0) is 8.85 Å². The van der Waals surface area contributed by atoms with Gasteiger partial charge in [-0.05, 0) is 39.5 Å². The van der Waals surface area contributed by atoms with E-state index < -0.39 is 14.7 Å². The van der Waals surface area contributed by atoms with Crippen LogP contribution in [0.15, 0.2) is 0 Å². The van der Waals surface area contributed by atoms with Crippen LogP contribution in [0.5, 0.6) is 0 Å². The molecule has 4 heteroatoms. The van der Waals surface area contributed by atoms with Crippen LogP contribution in [0.1, 0.15) is 46.0 Å². The van der Waals surface area contributed by atoms with Crippen molar-refractivity contribution >= 4 is 8.56 Å². The van der Waals surface area contributed by atoms with Crippen LogP contribution in [0, 0.1) is 0 Å². The van der Waals surface area contributed by atoms with E-state index >= 15 is 0 Å². The molecule has 0 radical (unpaired) electrons. The van der Waals surface area contributed by atoms with Crippen molar-refractivity contribution in [1.82, 2.24) is 0 Å². The second-order valence-electron chi connectivity index (χ2n) is 4.92. The Morgan fingerprint density at radius 3 is 1.94 bits per heavy atom. The first-order valence-electron chi connectivity index (χ1n) is 6.66. The Morgan fingerprint density at radius 2 is 1.69 bits per heavy atom. The van der Waals surface area contributed by atoms with Gasteiger partial charge in [-0.1, -0.05) is 6.42 Å². The summed E-state index contributed by atoms with van der Waals surface area (Å²) in [7, 11) is -2.27. The second kappa shape index (κ2) is 5.15. The smallest absolute Gasteiger partial charge is 0.347 e. The van der Waals surface area contributed by atoms with Crippen LogP contribution in [0.3, 0.4) is 0 Å². The summed E-state index contributed by atoms with van der Waals surface area (Å²) in [5.74, 6) is 0. The van der Waals surface area contributed by atoms with Crippen LogP contribution in [0.2, 0.25) is 11.1 Å². The van der Waals surface area contributed by atoms with Gasteiger partial charge in [-0.15, -0.1) is 0 Å². The summed E-state index contributed by atoms with van der Waals surface area (Å²) in [6.45, 7) is 5.36. The molecule has 0 aromatic rings. The molecule has 2 aliphatic rings. The summed E-state index contributed by atoms with van der Waals surface area (Å²) in [4.78, 5) is 0. The molecule has 0 aliphatic heterocycles. The maximum Gasteiger partial charge on any atom is 0.347 e. The molecule has 2 atom stereocenters. The first-order valence-corrected chi connectivity index (χ1v) is 8.63. The van der Waals surface area contributed by atoms with Crippen molar-refractivity contribution in [3.8, 4) is 0 Å². The van der Waals surface area contributed by atoms with E-state index in [1.165, 1.54) is 19.3 Å². The van der Waals surface area contributed by atoms with E-state index in [0.29, 0.717) is 25.2 Å². The van der Waals surface area contributed by atoms with Crippen molar-refractivity contribution in [1.29, 1.82) is 0 Å². The summed E-state index contributed by atoms with van der Waals surface area (Å²) in [5.41, 5.74) is 0.661. The standard InChI is InChI=1S/C12H23FO2Si/c1-3-14-16(15-4-2,10-6-5-7-10)12-9-8-11(12)13/h10-12H,3-9H2,1-2H3. The summed E-state index contributed by atoms with van der Waals surface area (Å²) < 4.78 is 25.8. The summed E-state index contributed by atoms with van der Waals surface area (Å²) in [5, 5.41) is 0. The maximum absolute atomic E-state index is 13.7. The summed E-state index contributed by atoms with van der Waals surface area (Å²) in [6, 6.07) is 0. The molecular weight excluding hydrogens is 223 g/mol. The number of halogens is 1. The SMILES string of the molecule is CCO[Si](OCC)(C1CCC1)C1CCC1F. The fraction of sp³-hybridized carbons (Fsp3) is 1.00. The van der Waals surface area contributed by atoms with Crippen LogP contribution in [0.4, 0.5) is 4.39 Å². The van der Waals surface area contributed by atoms with Crippen LogP contribution in [-0.4, -0.2) is 27.9 Å². The zero-order chi connectivity index (χ0) is 11.6. The van der Waals surface area contributed by atoms with Crippen molar-refractivity contribution in [3.05, 3.63) is 0 Å². The molecule has 2 rings (SSSR count). The molecule has 0 aromatic carbocycles. The highest BCUT2D eigenvalue weighted by molar-refractivity contribution is 6.71. The number of rotatable bonds is 6. The molecule has 2 saturated carbocycles. The van der Waals surface area contributed by atoms with E-state index in [-0.39, 0.29) is 5.54 Å². The van der Waals surface area contributed by atoms with Crippen molar-refractivity contribution < 1.29 is 13.2 Å². The molecule has 16 heavy (non-hydrogen) atoms. The molecule has 2 aliphatic carbocycles.